The zero-order chi connectivity index (χ0) is 18.6. The van der Waals surface area contributed by atoms with Crippen LogP contribution in [0.5, 0.6) is 11.5 Å². The molecule has 0 spiro atoms. The van der Waals surface area contributed by atoms with Crippen molar-refractivity contribution in [2.24, 2.45) is 16.6 Å². The smallest absolute Gasteiger partial charge is 0.208 e. The monoisotopic (exact) mass is 382 g/mol. The molecule has 1 aliphatic heterocycles. The molecule has 3 rings (SSSR count). The van der Waals surface area contributed by atoms with E-state index >= 15 is 0 Å². The van der Waals surface area contributed by atoms with Crippen LogP contribution < -0.4 is 25.2 Å². The maximum atomic E-state index is 11.4. The van der Waals surface area contributed by atoms with Gasteiger partial charge in [0.15, 0.2) is 17.5 Å². The number of anilines is 1. The molecule has 0 aromatic heterocycles. The summed E-state index contributed by atoms with van der Waals surface area (Å²) in [5.41, 5.74) is 6.76. The average Bonchev–Trinajstić information content (AvgIpc) is 2.85. The molecule has 8 nitrogen and oxygen atoms in total. The summed E-state index contributed by atoms with van der Waals surface area (Å²) < 4.78 is 36.9. The lowest BCUT2D eigenvalue weighted by atomic mass is 10.1. The van der Waals surface area contributed by atoms with Crippen molar-refractivity contribution in [3.63, 3.8) is 0 Å². The molecular formula is C17H26N4O4S. The summed E-state index contributed by atoms with van der Waals surface area (Å²) in [4.78, 5) is 4.39. The van der Waals surface area contributed by atoms with Gasteiger partial charge in [-0.15, -0.1) is 0 Å². The average molecular weight is 382 g/mol. The van der Waals surface area contributed by atoms with Crippen LogP contribution in [0.25, 0.3) is 0 Å². The van der Waals surface area contributed by atoms with Gasteiger partial charge >= 0.3 is 0 Å². The molecule has 2 aliphatic rings. The molecule has 2 atom stereocenters. The fourth-order valence-electron chi connectivity index (χ4n) is 3.33. The summed E-state index contributed by atoms with van der Waals surface area (Å²) >= 11 is 0. The molecule has 1 aromatic rings. The Kier molecular flexibility index (Phi) is 5.87. The Bertz CT molecular complexity index is 766. The topological polar surface area (TPSA) is 115 Å². The Hall–Kier alpha value is -2.00. The third-order valence-electron chi connectivity index (χ3n) is 4.54. The molecule has 26 heavy (non-hydrogen) atoms. The normalized spacial score (nSPS) is 23.5. The molecule has 1 fully saturated rings. The van der Waals surface area contributed by atoms with Gasteiger partial charge < -0.3 is 20.5 Å². The first kappa shape index (κ1) is 18.8. The van der Waals surface area contributed by atoms with Crippen molar-refractivity contribution in [1.82, 2.24) is 4.72 Å². The van der Waals surface area contributed by atoms with E-state index in [0.717, 1.165) is 37.1 Å². The predicted molar refractivity (Wildman–Crippen MR) is 101 cm³/mol. The molecule has 1 aromatic carbocycles. The zero-order valence-electron chi connectivity index (χ0n) is 14.9. The number of fused-ring (bicyclic) bond motifs is 1. The Balaban J connectivity index is 1.59. The van der Waals surface area contributed by atoms with Gasteiger partial charge in [0.1, 0.15) is 0 Å². The molecule has 4 N–H and O–H groups in total. The van der Waals surface area contributed by atoms with E-state index in [1.807, 2.05) is 18.2 Å². The van der Waals surface area contributed by atoms with Crippen molar-refractivity contribution in [1.29, 1.82) is 0 Å². The van der Waals surface area contributed by atoms with Crippen LogP contribution in [-0.2, 0) is 10.0 Å². The van der Waals surface area contributed by atoms with Gasteiger partial charge in [0, 0.05) is 30.8 Å². The molecule has 144 valence electrons. The first-order valence-electron chi connectivity index (χ1n) is 8.84. The molecule has 0 radical (unpaired) electrons. The van der Waals surface area contributed by atoms with Crippen LogP contribution in [-0.4, -0.2) is 46.4 Å². The van der Waals surface area contributed by atoms with Crippen molar-refractivity contribution in [3.05, 3.63) is 18.2 Å². The molecule has 9 heteroatoms. The number of rotatable bonds is 5. The second-order valence-corrected chi connectivity index (χ2v) is 8.53. The van der Waals surface area contributed by atoms with E-state index in [-0.39, 0.29) is 12.0 Å². The van der Waals surface area contributed by atoms with Crippen LogP contribution in [0.2, 0.25) is 0 Å². The van der Waals surface area contributed by atoms with Crippen molar-refractivity contribution < 1.29 is 17.9 Å². The van der Waals surface area contributed by atoms with Crippen molar-refractivity contribution in [2.45, 2.75) is 31.7 Å². The quantitative estimate of drug-likeness (QED) is 0.522. The van der Waals surface area contributed by atoms with E-state index in [0.29, 0.717) is 31.5 Å². The van der Waals surface area contributed by atoms with E-state index in [1.54, 1.807) is 0 Å². The molecule has 1 aliphatic carbocycles. The fourth-order valence-corrected chi connectivity index (χ4v) is 4.19. The summed E-state index contributed by atoms with van der Waals surface area (Å²) in [5, 5.41) is 3.05. The number of aliphatic imine (C=N–C) groups is 1. The lowest BCUT2D eigenvalue weighted by molar-refractivity contribution is 0.297. The zero-order valence-corrected chi connectivity index (χ0v) is 15.7. The van der Waals surface area contributed by atoms with Crippen LogP contribution in [0.15, 0.2) is 23.2 Å². The van der Waals surface area contributed by atoms with E-state index in [2.05, 4.69) is 15.0 Å². The minimum absolute atomic E-state index is 0.0698. The van der Waals surface area contributed by atoms with E-state index in [1.165, 1.54) is 6.26 Å². The number of nitrogens with zero attached hydrogens (tertiary/aromatic N) is 1. The van der Waals surface area contributed by atoms with Crippen molar-refractivity contribution in [3.8, 4) is 11.5 Å². The van der Waals surface area contributed by atoms with Gasteiger partial charge in [-0.2, -0.15) is 0 Å². The largest absolute Gasteiger partial charge is 0.490 e. The highest BCUT2D eigenvalue weighted by Crippen LogP contribution is 2.32. The summed E-state index contributed by atoms with van der Waals surface area (Å²) in [5.74, 6) is 1.87. The molecule has 2 unspecified atom stereocenters. The maximum absolute atomic E-state index is 11.4. The van der Waals surface area contributed by atoms with Gasteiger partial charge in [0.05, 0.1) is 19.5 Å². The Morgan fingerprint density at radius 2 is 2.00 bits per heavy atom. The van der Waals surface area contributed by atoms with Crippen molar-refractivity contribution >= 4 is 21.7 Å². The molecular weight excluding hydrogens is 356 g/mol. The SMILES string of the molecule is CS(=O)(=O)NC1CCCC1CN=C(N)Nc1ccc2c(c1)OCCCO2. The first-order chi connectivity index (χ1) is 12.4. The van der Waals surface area contributed by atoms with E-state index in [9.17, 15) is 8.42 Å². The minimum atomic E-state index is -3.21. The summed E-state index contributed by atoms with van der Waals surface area (Å²) in [6.45, 7) is 1.75. The van der Waals surface area contributed by atoms with E-state index < -0.39 is 10.0 Å². The second-order valence-electron chi connectivity index (χ2n) is 6.75. The maximum Gasteiger partial charge on any atom is 0.208 e. The fraction of sp³-hybridized carbons (Fsp3) is 0.588. The lowest BCUT2D eigenvalue weighted by Gasteiger charge is -2.18. The second kappa shape index (κ2) is 8.13. The lowest BCUT2D eigenvalue weighted by Crippen LogP contribution is -2.38. The number of benzene rings is 1. The van der Waals surface area contributed by atoms with Crippen LogP contribution in [0, 0.1) is 5.92 Å². The highest BCUT2D eigenvalue weighted by Gasteiger charge is 2.29. The van der Waals surface area contributed by atoms with Gasteiger partial charge in [0.25, 0.3) is 0 Å². The molecule has 0 saturated heterocycles. The molecule has 0 bridgehead atoms. The minimum Gasteiger partial charge on any atom is -0.490 e. The van der Waals surface area contributed by atoms with Gasteiger partial charge in [-0.25, -0.2) is 13.1 Å². The third kappa shape index (κ3) is 5.25. The molecule has 0 amide bonds. The molecule has 1 heterocycles. The van der Waals surface area contributed by atoms with Crippen LogP contribution >= 0.6 is 0 Å². The number of nitrogens with one attached hydrogen (secondary N) is 2. The predicted octanol–water partition coefficient (Wildman–Crippen LogP) is 1.29. The first-order valence-corrected chi connectivity index (χ1v) is 10.7. The van der Waals surface area contributed by atoms with Gasteiger partial charge in [-0.3, -0.25) is 4.99 Å². The Morgan fingerprint density at radius 3 is 2.77 bits per heavy atom. The summed E-state index contributed by atoms with van der Waals surface area (Å²) in [7, 11) is -3.21. The summed E-state index contributed by atoms with van der Waals surface area (Å²) in [6.07, 6.45) is 4.80. The van der Waals surface area contributed by atoms with Crippen LogP contribution in [0.4, 0.5) is 5.69 Å². The Labute approximate surface area is 154 Å². The Morgan fingerprint density at radius 1 is 1.23 bits per heavy atom. The highest BCUT2D eigenvalue weighted by atomic mass is 32.2. The number of hydrogen-bond donors (Lipinski definition) is 3. The highest BCUT2D eigenvalue weighted by molar-refractivity contribution is 7.88. The van der Waals surface area contributed by atoms with E-state index in [4.69, 9.17) is 15.2 Å². The van der Waals surface area contributed by atoms with Gasteiger partial charge in [0.2, 0.25) is 10.0 Å². The number of guanidine groups is 1. The van der Waals surface area contributed by atoms with Gasteiger partial charge in [-0.05, 0) is 30.9 Å². The third-order valence-corrected chi connectivity index (χ3v) is 5.27. The number of ether oxygens (including phenoxy) is 2. The number of nitrogens with two attached hydrogens (primary N) is 1. The standard InChI is InChI=1S/C17H26N4O4S/c1-26(22,23)21-14-5-2-4-12(14)11-19-17(18)20-13-6-7-15-16(10-13)25-9-3-8-24-15/h6-7,10,12,14,21H,2-5,8-9,11H2,1H3,(H3,18,19,20). The van der Waals surface area contributed by atoms with Crippen LogP contribution in [0.1, 0.15) is 25.7 Å². The number of hydrogen-bond acceptors (Lipinski definition) is 5. The summed E-state index contributed by atoms with van der Waals surface area (Å²) in [6, 6.07) is 5.48. The van der Waals surface area contributed by atoms with Gasteiger partial charge in [-0.1, -0.05) is 6.42 Å². The van der Waals surface area contributed by atoms with Crippen molar-refractivity contribution in [2.75, 3.05) is 31.3 Å². The number of sulfonamides is 1. The molecule has 1 saturated carbocycles. The van der Waals surface area contributed by atoms with Crippen LogP contribution in [0.3, 0.4) is 0 Å².